The Morgan fingerprint density at radius 1 is 1.53 bits per heavy atom. The third-order valence-corrected chi connectivity index (χ3v) is 3.55. The molecular formula is C12H13BrFNO2. The van der Waals surface area contributed by atoms with Crippen LogP contribution in [0.4, 0.5) is 4.39 Å². The lowest BCUT2D eigenvalue weighted by Crippen LogP contribution is -2.38. The van der Waals surface area contributed by atoms with Gasteiger partial charge in [0.05, 0.1) is 10.6 Å². The molecule has 0 spiro atoms. The van der Waals surface area contributed by atoms with Crippen molar-refractivity contribution >= 4 is 21.8 Å². The van der Waals surface area contributed by atoms with Gasteiger partial charge in [-0.3, -0.25) is 4.79 Å². The monoisotopic (exact) mass is 301 g/mol. The predicted octanol–water partition coefficient (Wildman–Crippen LogP) is 2.09. The van der Waals surface area contributed by atoms with E-state index in [0.29, 0.717) is 18.0 Å². The van der Waals surface area contributed by atoms with Crippen molar-refractivity contribution in [1.29, 1.82) is 0 Å². The summed E-state index contributed by atoms with van der Waals surface area (Å²) < 4.78 is 13.3. The van der Waals surface area contributed by atoms with Crippen LogP contribution in [0.25, 0.3) is 0 Å². The van der Waals surface area contributed by atoms with Gasteiger partial charge in [-0.05, 0) is 52.9 Å². The smallest absolute Gasteiger partial charge is 0.251 e. The van der Waals surface area contributed by atoms with E-state index in [1.165, 1.54) is 18.2 Å². The molecule has 0 aliphatic heterocycles. The number of hydrogen-bond donors (Lipinski definition) is 2. The molecule has 1 aliphatic carbocycles. The Morgan fingerprint density at radius 3 is 2.82 bits per heavy atom. The molecule has 3 nitrogen and oxygen atoms in total. The first-order chi connectivity index (χ1) is 8.06. The van der Waals surface area contributed by atoms with Gasteiger partial charge in [0.1, 0.15) is 5.82 Å². The molecule has 2 N–H and O–H groups in total. The highest BCUT2D eigenvalue weighted by atomic mass is 79.9. The number of halogens is 2. The molecule has 1 saturated carbocycles. The molecule has 0 radical (unpaired) electrons. The summed E-state index contributed by atoms with van der Waals surface area (Å²) in [7, 11) is 0. The molecule has 17 heavy (non-hydrogen) atoms. The van der Waals surface area contributed by atoms with Crippen molar-refractivity contribution in [1.82, 2.24) is 5.32 Å². The van der Waals surface area contributed by atoms with Gasteiger partial charge in [0, 0.05) is 12.1 Å². The summed E-state index contributed by atoms with van der Waals surface area (Å²) in [5, 5.41) is 11.9. The Balaban J connectivity index is 1.88. The zero-order valence-corrected chi connectivity index (χ0v) is 10.7. The zero-order valence-electron chi connectivity index (χ0n) is 9.12. The Labute approximate surface area is 107 Å². The minimum Gasteiger partial charge on any atom is -0.393 e. The fraction of sp³-hybridized carbons (Fsp3) is 0.417. The van der Waals surface area contributed by atoms with Gasteiger partial charge in [-0.1, -0.05) is 0 Å². The molecule has 5 heteroatoms. The summed E-state index contributed by atoms with van der Waals surface area (Å²) in [6.07, 6.45) is 1.28. The van der Waals surface area contributed by atoms with E-state index < -0.39 is 0 Å². The van der Waals surface area contributed by atoms with Gasteiger partial charge in [-0.2, -0.15) is 0 Å². The summed E-state index contributed by atoms with van der Waals surface area (Å²) in [5.74, 6) is -0.242. The third-order valence-electron chi connectivity index (χ3n) is 2.94. The van der Waals surface area contributed by atoms with E-state index in [0.717, 1.165) is 12.8 Å². The molecule has 1 aromatic rings. The number of aliphatic hydroxyl groups excluding tert-OH is 1. The summed E-state index contributed by atoms with van der Waals surface area (Å²) in [5.41, 5.74) is 0.429. The molecule has 1 aromatic carbocycles. The van der Waals surface area contributed by atoms with Crippen LogP contribution >= 0.6 is 15.9 Å². The highest BCUT2D eigenvalue weighted by Gasteiger charge is 2.27. The van der Waals surface area contributed by atoms with Gasteiger partial charge in [0.15, 0.2) is 0 Å². The lowest BCUT2D eigenvalue weighted by Gasteiger charge is -2.31. The standard InChI is InChI=1S/C12H13BrFNO2/c13-10-5-8(1-2-11(10)14)12(17)15-6-7-3-9(16)4-7/h1-2,5,7,9,16H,3-4,6H2,(H,15,17). The summed E-state index contributed by atoms with van der Waals surface area (Å²) in [6.45, 7) is 0.560. The average Bonchev–Trinajstić information content (AvgIpc) is 2.26. The molecule has 1 aliphatic rings. The molecule has 1 fully saturated rings. The van der Waals surface area contributed by atoms with E-state index in [9.17, 15) is 9.18 Å². The van der Waals surface area contributed by atoms with E-state index in [-0.39, 0.29) is 22.3 Å². The summed E-state index contributed by atoms with van der Waals surface area (Å²) in [6, 6.07) is 4.16. The average molecular weight is 302 g/mol. The molecule has 2 rings (SSSR count). The van der Waals surface area contributed by atoms with Gasteiger partial charge in [-0.25, -0.2) is 4.39 Å². The van der Waals surface area contributed by atoms with E-state index in [4.69, 9.17) is 5.11 Å². The van der Waals surface area contributed by atoms with Gasteiger partial charge >= 0.3 is 0 Å². The molecule has 0 aromatic heterocycles. The lowest BCUT2D eigenvalue weighted by atomic mass is 9.82. The third kappa shape index (κ3) is 3.04. The molecular weight excluding hydrogens is 289 g/mol. The van der Waals surface area contributed by atoms with Gasteiger partial charge in [-0.15, -0.1) is 0 Å². The van der Waals surface area contributed by atoms with Gasteiger partial charge in [0.2, 0.25) is 0 Å². The predicted molar refractivity (Wildman–Crippen MR) is 65.2 cm³/mol. The van der Waals surface area contributed by atoms with Crippen LogP contribution in [-0.4, -0.2) is 23.7 Å². The summed E-state index contributed by atoms with van der Waals surface area (Å²) >= 11 is 3.04. The number of hydrogen-bond acceptors (Lipinski definition) is 2. The number of benzene rings is 1. The molecule has 0 atom stereocenters. The zero-order chi connectivity index (χ0) is 12.4. The highest BCUT2D eigenvalue weighted by Crippen LogP contribution is 2.26. The number of amides is 1. The van der Waals surface area contributed by atoms with Crippen LogP contribution in [0.2, 0.25) is 0 Å². The summed E-state index contributed by atoms with van der Waals surface area (Å²) in [4.78, 5) is 11.7. The molecule has 92 valence electrons. The number of rotatable bonds is 3. The minimum absolute atomic E-state index is 0.211. The molecule has 0 bridgehead atoms. The largest absolute Gasteiger partial charge is 0.393 e. The number of carbonyl (C=O) groups excluding carboxylic acids is 1. The number of aliphatic hydroxyl groups is 1. The Bertz CT molecular complexity index is 433. The van der Waals surface area contributed by atoms with E-state index in [1.54, 1.807) is 0 Å². The Morgan fingerprint density at radius 2 is 2.24 bits per heavy atom. The maximum atomic E-state index is 13.0. The topological polar surface area (TPSA) is 49.3 Å². The van der Waals surface area contributed by atoms with Crippen molar-refractivity contribution in [3.63, 3.8) is 0 Å². The molecule has 0 unspecified atom stereocenters. The van der Waals surface area contributed by atoms with Crippen molar-refractivity contribution in [3.05, 3.63) is 34.1 Å². The van der Waals surface area contributed by atoms with Crippen LogP contribution in [0.1, 0.15) is 23.2 Å². The second-order valence-electron chi connectivity index (χ2n) is 4.33. The van der Waals surface area contributed by atoms with Crippen molar-refractivity contribution < 1.29 is 14.3 Å². The maximum absolute atomic E-state index is 13.0. The van der Waals surface area contributed by atoms with Crippen LogP contribution in [0, 0.1) is 11.7 Å². The quantitative estimate of drug-likeness (QED) is 0.898. The fourth-order valence-corrected chi connectivity index (χ4v) is 2.22. The van der Waals surface area contributed by atoms with Crippen LogP contribution in [0.5, 0.6) is 0 Å². The Hall–Kier alpha value is -0.940. The molecule has 1 amide bonds. The van der Waals surface area contributed by atoms with Crippen LogP contribution < -0.4 is 5.32 Å². The van der Waals surface area contributed by atoms with E-state index in [2.05, 4.69) is 21.2 Å². The fourth-order valence-electron chi connectivity index (χ4n) is 1.84. The van der Waals surface area contributed by atoms with E-state index in [1.807, 2.05) is 0 Å². The second kappa shape index (κ2) is 5.14. The molecule has 0 saturated heterocycles. The number of nitrogens with one attached hydrogen (secondary N) is 1. The first-order valence-corrected chi connectivity index (χ1v) is 6.27. The van der Waals surface area contributed by atoms with Gasteiger partial charge in [0.25, 0.3) is 5.91 Å². The van der Waals surface area contributed by atoms with Crippen LogP contribution in [0.3, 0.4) is 0 Å². The second-order valence-corrected chi connectivity index (χ2v) is 5.18. The van der Waals surface area contributed by atoms with Crippen molar-refractivity contribution in [2.75, 3.05) is 6.54 Å². The van der Waals surface area contributed by atoms with Crippen molar-refractivity contribution in [2.24, 2.45) is 5.92 Å². The van der Waals surface area contributed by atoms with E-state index >= 15 is 0 Å². The maximum Gasteiger partial charge on any atom is 0.251 e. The van der Waals surface area contributed by atoms with Crippen molar-refractivity contribution in [3.8, 4) is 0 Å². The van der Waals surface area contributed by atoms with Crippen LogP contribution in [0.15, 0.2) is 22.7 Å². The normalized spacial score (nSPS) is 23.0. The highest BCUT2D eigenvalue weighted by molar-refractivity contribution is 9.10. The SMILES string of the molecule is O=C(NCC1CC(O)C1)c1ccc(F)c(Br)c1. The van der Waals surface area contributed by atoms with Crippen LogP contribution in [-0.2, 0) is 0 Å². The first kappa shape index (κ1) is 12.5. The lowest BCUT2D eigenvalue weighted by molar-refractivity contribution is 0.0420. The first-order valence-electron chi connectivity index (χ1n) is 5.47. The minimum atomic E-state index is -0.385. The number of carbonyl (C=O) groups is 1. The Kier molecular flexibility index (Phi) is 3.79. The molecule has 0 heterocycles. The van der Waals surface area contributed by atoms with Gasteiger partial charge < -0.3 is 10.4 Å². The van der Waals surface area contributed by atoms with Crippen molar-refractivity contribution in [2.45, 2.75) is 18.9 Å².